The lowest BCUT2D eigenvalue weighted by Crippen LogP contribution is -2.47. The number of benzene rings is 2. The molecule has 122 valence electrons. The third kappa shape index (κ3) is 3.39. The van der Waals surface area contributed by atoms with Crippen LogP contribution >= 0.6 is 0 Å². The summed E-state index contributed by atoms with van der Waals surface area (Å²) in [6.07, 6.45) is 0. The second-order valence-electron chi connectivity index (χ2n) is 6.84. The van der Waals surface area contributed by atoms with Gasteiger partial charge in [0.1, 0.15) is 5.84 Å². The highest BCUT2D eigenvalue weighted by atomic mass is 15.0. The maximum atomic E-state index is 5.99. The van der Waals surface area contributed by atoms with Crippen molar-refractivity contribution in [3.8, 4) is 0 Å². The van der Waals surface area contributed by atoms with Gasteiger partial charge in [-0.05, 0) is 31.5 Å². The zero-order valence-corrected chi connectivity index (χ0v) is 14.7. The summed E-state index contributed by atoms with van der Waals surface area (Å²) in [6, 6.07) is 18.3. The molecule has 3 rings (SSSR count). The molecule has 0 amide bonds. The molecule has 1 aliphatic heterocycles. The van der Waals surface area contributed by atoms with Crippen molar-refractivity contribution in [1.82, 2.24) is 0 Å². The molecule has 3 N–H and O–H groups in total. The Morgan fingerprint density at radius 1 is 0.870 bits per heavy atom. The maximum Gasteiger partial charge on any atom is 0.126 e. The van der Waals surface area contributed by atoms with Gasteiger partial charge in [0, 0.05) is 23.7 Å². The second-order valence-corrected chi connectivity index (χ2v) is 6.84. The number of anilines is 1. The van der Waals surface area contributed by atoms with Gasteiger partial charge in [0.2, 0.25) is 0 Å². The van der Waals surface area contributed by atoms with E-state index in [1.165, 1.54) is 5.56 Å². The molecule has 3 nitrogen and oxygen atoms in total. The minimum Gasteiger partial charge on any atom is -0.388 e. The Kier molecular flexibility index (Phi) is 4.79. The van der Waals surface area contributed by atoms with Crippen LogP contribution in [0.2, 0.25) is 0 Å². The van der Waals surface area contributed by atoms with Gasteiger partial charge in [-0.25, -0.2) is 0 Å². The third-order valence-corrected chi connectivity index (χ3v) is 4.87. The summed E-state index contributed by atoms with van der Waals surface area (Å²) in [5.74, 6) is 0.662. The summed E-state index contributed by atoms with van der Waals surface area (Å²) < 4.78 is 0. The molecular formula is C20H27N3. The van der Waals surface area contributed by atoms with Crippen molar-refractivity contribution in [2.24, 2.45) is 10.7 Å². The van der Waals surface area contributed by atoms with Gasteiger partial charge in [0.15, 0.2) is 0 Å². The molecule has 0 atom stereocenters. The molecule has 0 bridgehead atoms. The molecule has 23 heavy (non-hydrogen) atoms. The number of rotatable bonds is 1. The Morgan fingerprint density at radius 3 is 2.00 bits per heavy atom. The van der Waals surface area contributed by atoms with E-state index in [2.05, 4.69) is 50.1 Å². The van der Waals surface area contributed by atoms with Crippen LogP contribution in [0.3, 0.4) is 0 Å². The van der Waals surface area contributed by atoms with Gasteiger partial charge in [-0.3, -0.25) is 4.99 Å². The number of amidine groups is 1. The predicted molar refractivity (Wildman–Crippen MR) is 100 cm³/mol. The fourth-order valence-corrected chi connectivity index (χ4v) is 2.69. The van der Waals surface area contributed by atoms with Gasteiger partial charge < -0.3 is 11.1 Å². The van der Waals surface area contributed by atoms with Crippen LogP contribution in [-0.4, -0.2) is 18.4 Å². The van der Waals surface area contributed by atoms with E-state index in [1.807, 2.05) is 49.5 Å². The first-order valence-corrected chi connectivity index (χ1v) is 7.97. The fourth-order valence-electron chi connectivity index (χ4n) is 2.69. The van der Waals surface area contributed by atoms with Crippen LogP contribution in [0.5, 0.6) is 0 Å². The number of hydrogen-bond donors (Lipinski definition) is 2. The zero-order valence-electron chi connectivity index (χ0n) is 14.7. The van der Waals surface area contributed by atoms with Crippen LogP contribution in [0.25, 0.3) is 0 Å². The monoisotopic (exact) mass is 309 g/mol. The Balaban J connectivity index is 0.000000203. The number of aliphatic imine (C=N–C) groups is 1. The van der Waals surface area contributed by atoms with Gasteiger partial charge in [-0.2, -0.15) is 0 Å². The van der Waals surface area contributed by atoms with Gasteiger partial charge in [0.25, 0.3) is 0 Å². The lowest BCUT2D eigenvalue weighted by molar-refractivity contribution is 0.303. The summed E-state index contributed by atoms with van der Waals surface area (Å²) in [6.45, 7) is 8.72. The number of nitrogens with two attached hydrogens (primary N) is 1. The molecule has 0 aliphatic carbocycles. The fraction of sp³-hybridized carbons (Fsp3) is 0.350. The van der Waals surface area contributed by atoms with E-state index in [-0.39, 0.29) is 11.0 Å². The van der Waals surface area contributed by atoms with Crippen molar-refractivity contribution in [1.29, 1.82) is 0 Å². The molecule has 0 saturated carbocycles. The Bertz CT molecular complexity index is 685. The Morgan fingerprint density at radius 2 is 1.43 bits per heavy atom. The molecule has 3 heteroatoms. The van der Waals surface area contributed by atoms with Crippen LogP contribution in [0.1, 0.15) is 38.8 Å². The number of hydrogen-bond acceptors (Lipinski definition) is 3. The van der Waals surface area contributed by atoms with Crippen molar-refractivity contribution >= 4 is 11.5 Å². The van der Waals surface area contributed by atoms with E-state index < -0.39 is 0 Å². The first-order chi connectivity index (χ1) is 10.8. The number of para-hydroxylation sites is 1. The van der Waals surface area contributed by atoms with E-state index in [9.17, 15) is 0 Å². The molecule has 1 heterocycles. The van der Waals surface area contributed by atoms with Crippen molar-refractivity contribution in [3.05, 3.63) is 65.7 Å². The van der Waals surface area contributed by atoms with Gasteiger partial charge >= 0.3 is 0 Å². The van der Waals surface area contributed by atoms with E-state index in [0.29, 0.717) is 5.84 Å². The minimum absolute atomic E-state index is 0.0203. The number of fused-ring (bicyclic) bond motifs is 1. The topological polar surface area (TPSA) is 50.4 Å². The first kappa shape index (κ1) is 17.1. The highest BCUT2D eigenvalue weighted by Crippen LogP contribution is 2.42. The summed E-state index contributed by atoms with van der Waals surface area (Å²) in [5.41, 5.74) is 9.40. The molecule has 0 saturated heterocycles. The maximum absolute atomic E-state index is 5.99. The molecule has 2 aromatic rings. The SMILES string of the molecule is CC1(C)N=C(N)c2ccccc2C1(C)C.CNc1ccccc1. The van der Waals surface area contributed by atoms with Crippen LogP contribution in [0.4, 0.5) is 5.69 Å². The summed E-state index contributed by atoms with van der Waals surface area (Å²) >= 11 is 0. The normalized spacial score (nSPS) is 17.2. The summed E-state index contributed by atoms with van der Waals surface area (Å²) in [7, 11) is 1.91. The van der Waals surface area contributed by atoms with E-state index >= 15 is 0 Å². The molecular weight excluding hydrogens is 282 g/mol. The van der Waals surface area contributed by atoms with Gasteiger partial charge in [-0.1, -0.05) is 56.3 Å². The Hall–Kier alpha value is -2.29. The predicted octanol–water partition coefficient (Wildman–Crippen LogP) is 4.19. The Labute approximate surface area is 139 Å². The molecule has 0 aromatic heterocycles. The molecule has 0 spiro atoms. The van der Waals surface area contributed by atoms with E-state index in [4.69, 9.17) is 5.73 Å². The number of nitrogens with one attached hydrogen (secondary N) is 1. The van der Waals surface area contributed by atoms with Crippen molar-refractivity contribution in [3.63, 3.8) is 0 Å². The highest BCUT2D eigenvalue weighted by molar-refractivity contribution is 6.00. The number of nitrogens with zero attached hydrogens (tertiary/aromatic N) is 1. The lowest BCUT2D eigenvalue weighted by Gasteiger charge is -2.43. The lowest BCUT2D eigenvalue weighted by atomic mass is 9.67. The largest absolute Gasteiger partial charge is 0.388 e. The van der Waals surface area contributed by atoms with Crippen molar-refractivity contribution < 1.29 is 0 Å². The molecule has 1 aliphatic rings. The van der Waals surface area contributed by atoms with Crippen molar-refractivity contribution in [2.75, 3.05) is 12.4 Å². The second kappa shape index (κ2) is 6.45. The minimum atomic E-state index is -0.147. The quantitative estimate of drug-likeness (QED) is 0.830. The first-order valence-electron chi connectivity index (χ1n) is 7.97. The smallest absolute Gasteiger partial charge is 0.126 e. The van der Waals surface area contributed by atoms with Crippen LogP contribution < -0.4 is 11.1 Å². The average molecular weight is 309 g/mol. The molecule has 0 radical (unpaired) electrons. The molecule has 0 fully saturated rings. The molecule has 2 aromatic carbocycles. The zero-order chi connectivity index (χ0) is 17.1. The van der Waals surface area contributed by atoms with Gasteiger partial charge in [-0.15, -0.1) is 0 Å². The summed E-state index contributed by atoms with van der Waals surface area (Å²) in [4.78, 5) is 4.60. The van der Waals surface area contributed by atoms with E-state index in [1.54, 1.807) is 0 Å². The average Bonchev–Trinajstić information content (AvgIpc) is 2.54. The standard InChI is InChI=1S/C13H18N2.C7H9N/c1-12(2)10-8-6-5-7-9(10)11(14)15-13(12,3)4;1-8-7-5-3-2-4-6-7/h5-8H,1-4H3,(H2,14,15);2-6,8H,1H3. The molecule has 0 unspecified atom stereocenters. The third-order valence-electron chi connectivity index (χ3n) is 4.87. The summed E-state index contributed by atoms with van der Waals surface area (Å²) in [5, 5.41) is 3.03. The highest BCUT2D eigenvalue weighted by Gasteiger charge is 2.42. The van der Waals surface area contributed by atoms with Crippen LogP contribution in [0.15, 0.2) is 59.6 Å². The van der Waals surface area contributed by atoms with E-state index in [0.717, 1.165) is 11.3 Å². The van der Waals surface area contributed by atoms with Crippen LogP contribution in [-0.2, 0) is 5.41 Å². The van der Waals surface area contributed by atoms with Crippen molar-refractivity contribution in [2.45, 2.75) is 38.6 Å². The van der Waals surface area contributed by atoms with Gasteiger partial charge in [0.05, 0.1) is 5.54 Å². The van der Waals surface area contributed by atoms with Crippen LogP contribution in [0, 0.1) is 0 Å².